The van der Waals surface area contributed by atoms with E-state index in [4.69, 9.17) is 5.73 Å². The number of hydrogen-bond acceptors (Lipinski definition) is 3. The summed E-state index contributed by atoms with van der Waals surface area (Å²) in [6, 6.07) is 1.93. The van der Waals surface area contributed by atoms with Crippen LogP contribution in [0.3, 0.4) is 0 Å². The second-order valence-corrected chi connectivity index (χ2v) is 4.09. The topological polar surface area (TPSA) is 64.2 Å². The zero-order valence-electron chi connectivity index (χ0n) is 10.9. The normalized spacial score (nSPS) is 12.5. The molecule has 96 valence electrons. The van der Waals surface area contributed by atoms with Gasteiger partial charge in [0.2, 0.25) is 5.91 Å². The zero-order valence-corrected chi connectivity index (χ0v) is 10.9. The molecule has 1 aromatic heterocycles. The molecule has 0 aromatic carbocycles. The lowest BCUT2D eigenvalue weighted by Crippen LogP contribution is -2.40. The number of nitrogens with zero attached hydrogens (tertiary/aromatic N) is 3. The number of amides is 1. The molecule has 1 atom stereocenters. The van der Waals surface area contributed by atoms with Gasteiger partial charge in [0.25, 0.3) is 0 Å². The summed E-state index contributed by atoms with van der Waals surface area (Å²) in [5.41, 5.74) is 6.75. The minimum atomic E-state index is -0.148. The van der Waals surface area contributed by atoms with Gasteiger partial charge in [0.05, 0.1) is 5.92 Å². The molecule has 0 radical (unpaired) electrons. The van der Waals surface area contributed by atoms with Crippen molar-refractivity contribution < 1.29 is 4.79 Å². The molecule has 2 N–H and O–H groups in total. The fraction of sp³-hybridized carbons (Fsp3) is 0.667. The third-order valence-corrected chi connectivity index (χ3v) is 3.09. The van der Waals surface area contributed by atoms with E-state index in [1.54, 1.807) is 10.9 Å². The van der Waals surface area contributed by atoms with Gasteiger partial charge in [0, 0.05) is 45.0 Å². The highest BCUT2D eigenvalue weighted by Crippen LogP contribution is 2.10. The van der Waals surface area contributed by atoms with Gasteiger partial charge in [-0.2, -0.15) is 5.10 Å². The maximum absolute atomic E-state index is 12.2. The van der Waals surface area contributed by atoms with Gasteiger partial charge in [0.15, 0.2) is 0 Å². The van der Waals surface area contributed by atoms with E-state index in [0.29, 0.717) is 13.0 Å². The Balaban J connectivity index is 2.72. The summed E-state index contributed by atoms with van der Waals surface area (Å²) < 4.78 is 1.79. The second-order valence-electron chi connectivity index (χ2n) is 4.09. The van der Waals surface area contributed by atoms with E-state index in [0.717, 1.165) is 18.8 Å². The van der Waals surface area contributed by atoms with Crippen LogP contribution in [-0.4, -0.2) is 40.2 Å². The molecule has 0 fully saturated rings. The first-order chi connectivity index (χ1) is 8.13. The largest absolute Gasteiger partial charge is 0.343 e. The van der Waals surface area contributed by atoms with Crippen molar-refractivity contribution in [2.24, 2.45) is 18.7 Å². The van der Waals surface area contributed by atoms with E-state index >= 15 is 0 Å². The molecule has 0 aliphatic heterocycles. The van der Waals surface area contributed by atoms with Crippen LogP contribution in [0.4, 0.5) is 0 Å². The number of aryl methyl sites for hydroxylation is 1. The molecular formula is C12H22N4O. The SMILES string of the molecule is CCN(CC)C(=O)C(CN)Cc1ccnn1C. The molecule has 1 unspecified atom stereocenters. The third-order valence-electron chi connectivity index (χ3n) is 3.09. The zero-order chi connectivity index (χ0) is 12.8. The highest BCUT2D eigenvalue weighted by atomic mass is 16.2. The number of rotatable bonds is 6. The lowest BCUT2D eigenvalue weighted by atomic mass is 10.0. The van der Waals surface area contributed by atoms with Gasteiger partial charge in [-0.25, -0.2) is 0 Å². The van der Waals surface area contributed by atoms with Gasteiger partial charge >= 0.3 is 0 Å². The van der Waals surface area contributed by atoms with Crippen LogP contribution in [0.1, 0.15) is 19.5 Å². The lowest BCUT2D eigenvalue weighted by Gasteiger charge is -2.24. The molecule has 5 heteroatoms. The van der Waals surface area contributed by atoms with Crippen molar-refractivity contribution >= 4 is 5.91 Å². The molecule has 1 heterocycles. The summed E-state index contributed by atoms with van der Waals surface area (Å²) in [4.78, 5) is 14.0. The summed E-state index contributed by atoms with van der Waals surface area (Å²) in [6.45, 7) is 5.81. The highest BCUT2D eigenvalue weighted by Gasteiger charge is 2.22. The average molecular weight is 238 g/mol. The summed E-state index contributed by atoms with van der Waals surface area (Å²) >= 11 is 0. The van der Waals surface area contributed by atoms with Crippen molar-refractivity contribution in [2.45, 2.75) is 20.3 Å². The lowest BCUT2D eigenvalue weighted by molar-refractivity contribution is -0.134. The molecule has 0 saturated carbocycles. The maximum atomic E-state index is 12.2. The maximum Gasteiger partial charge on any atom is 0.227 e. The number of carbonyl (C=O) groups excluding carboxylic acids is 1. The smallest absolute Gasteiger partial charge is 0.227 e. The Hall–Kier alpha value is -1.36. The van der Waals surface area contributed by atoms with Crippen LogP contribution in [-0.2, 0) is 18.3 Å². The molecule has 0 saturated heterocycles. The molecule has 5 nitrogen and oxygen atoms in total. The van der Waals surface area contributed by atoms with Crippen LogP contribution in [0, 0.1) is 5.92 Å². The Kier molecular flexibility index (Phi) is 5.15. The quantitative estimate of drug-likeness (QED) is 0.780. The molecular weight excluding hydrogens is 216 g/mol. The fourth-order valence-electron chi connectivity index (χ4n) is 1.92. The highest BCUT2D eigenvalue weighted by molar-refractivity contribution is 5.79. The van der Waals surface area contributed by atoms with Gasteiger partial charge in [0.1, 0.15) is 0 Å². The van der Waals surface area contributed by atoms with Crippen LogP contribution < -0.4 is 5.73 Å². The van der Waals surface area contributed by atoms with E-state index < -0.39 is 0 Å². The van der Waals surface area contributed by atoms with Crippen molar-refractivity contribution in [3.8, 4) is 0 Å². The van der Waals surface area contributed by atoms with Crippen molar-refractivity contribution in [3.05, 3.63) is 18.0 Å². The monoisotopic (exact) mass is 238 g/mol. The summed E-state index contributed by atoms with van der Waals surface area (Å²) in [5, 5.41) is 4.10. The van der Waals surface area contributed by atoms with Gasteiger partial charge in [-0.1, -0.05) is 0 Å². The molecule has 1 rings (SSSR count). The number of carbonyl (C=O) groups is 1. The average Bonchev–Trinajstić information content (AvgIpc) is 2.73. The first-order valence-electron chi connectivity index (χ1n) is 6.09. The van der Waals surface area contributed by atoms with Crippen LogP contribution in [0.25, 0.3) is 0 Å². The molecule has 0 aliphatic carbocycles. The van der Waals surface area contributed by atoms with Crippen molar-refractivity contribution in [3.63, 3.8) is 0 Å². The van der Waals surface area contributed by atoms with Crippen molar-refractivity contribution in [1.82, 2.24) is 14.7 Å². The predicted molar refractivity (Wildman–Crippen MR) is 67.4 cm³/mol. The van der Waals surface area contributed by atoms with E-state index in [-0.39, 0.29) is 11.8 Å². The van der Waals surface area contributed by atoms with Gasteiger partial charge in [-0.3, -0.25) is 9.48 Å². The number of aromatic nitrogens is 2. The van der Waals surface area contributed by atoms with E-state index in [9.17, 15) is 4.79 Å². The summed E-state index contributed by atoms with van der Waals surface area (Å²) in [6.07, 6.45) is 2.40. The molecule has 1 amide bonds. The standard InChI is InChI=1S/C12H22N4O/c1-4-16(5-2)12(17)10(9-13)8-11-6-7-14-15(11)3/h6-7,10H,4-5,8-9,13H2,1-3H3. The molecule has 17 heavy (non-hydrogen) atoms. The van der Waals surface area contributed by atoms with Gasteiger partial charge < -0.3 is 10.6 Å². The van der Waals surface area contributed by atoms with Crippen molar-refractivity contribution in [2.75, 3.05) is 19.6 Å². The first-order valence-corrected chi connectivity index (χ1v) is 6.09. The number of nitrogens with two attached hydrogens (primary N) is 1. The Morgan fingerprint density at radius 3 is 2.59 bits per heavy atom. The summed E-state index contributed by atoms with van der Waals surface area (Å²) in [5.74, 6) is -0.0102. The second kappa shape index (κ2) is 6.39. The van der Waals surface area contributed by atoms with Gasteiger partial charge in [-0.15, -0.1) is 0 Å². The molecule has 0 bridgehead atoms. The Labute approximate surface area is 103 Å². The Bertz CT molecular complexity index is 357. The van der Waals surface area contributed by atoms with E-state index in [1.807, 2.05) is 31.9 Å². The van der Waals surface area contributed by atoms with Crippen LogP contribution >= 0.6 is 0 Å². The van der Waals surface area contributed by atoms with E-state index in [2.05, 4.69) is 5.10 Å². The first kappa shape index (κ1) is 13.7. The fourth-order valence-corrected chi connectivity index (χ4v) is 1.92. The minimum Gasteiger partial charge on any atom is -0.343 e. The van der Waals surface area contributed by atoms with Crippen LogP contribution in [0.2, 0.25) is 0 Å². The van der Waals surface area contributed by atoms with E-state index in [1.165, 1.54) is 0 Å². The predicted octanol–water partition coefficient (Wildman–Crippen LogP) is 0.406. The Morgan fingerprint density at radius 1 is 1.53 bits per heavy atom. The summed E-state index contributed by atoms with van der Waals surface area (Å²) in [7, 11) is 1.88. The Morgan fingerprint density at radius 2 is 2.18 bits per heavy atom. The van der Waals surface area contributed by atoms with Crippen molar-refractivity contribution in [1.29, 1.82) is 0 Å². The van der Waals surface area contributed by atoms with Gasteiger partial charge in [-0.05, 0) is 19.9 Å². The van der Waals surface area contributed by atoms with Crippen LogP contribution in [0.5, 0.6) is 0 Å². The molecule has 0 aliphatic rings. The third kappa shape index (κ3) is 3.30. The molecule has 1 aromatic rings. The number of hydrogen-bond donors (Lipinski definition) is 1. The minimum absolute atomic E-state index is 0.138. The van der Waals surface area contributed by atoms with Crippen LogP contribution in [0.15, 0.2) is 12.3 Å². The molecule has 0 spiro atoms.